The van der Waals surface area contributed by atoms with Crippen LogP contribution in [0.25, 0.3) is 0 Å². The molecule has 0 aromatic heterocycles. The van der Waals surface area contributed by atoms with Gasteiger partial charge in [0.05, 0.1) is 24.6 Å². The highest BCUT2D eigenvalue weighted by Crippen LogP contribution is 2.22. The minimum atomic E-state index is -0.350. The first kappa shape index (κ1) is 24.2. The van der Waals surface area contributed by atoms with E-state index in [1.165, 1.54) is 17.0 Å². The van der Waals surface area contributed by atoms with Crippen molar-refractivity contribution in [2.45, 2.75) is 26.4 Å². The van der Waals surface area contributed by atoms with E-state index in [0.29, 0.717) is 43.9 Å². The fourth-order valence-corrected chi connectivity index (χ4v) is 3.75. The number of carbonyl (C=O) groups excluding carboxylic acids is 3. The van der Waals surface area contributed by atoms with Gasteiger partial charge in [0.25, 0.3) is 5.91 Å². The number of likely N-dealkylation sites (N-methyl/N-ethyl adjacent to an activating group) is 1. The fraction of sp³-hybridized carbons (Fsp3) is 0.400. The van der Waals surface area contributed by atoms with Gasteiger partial charge in [0.2, 0.25) is 5.91 Å². The SMILES string of the molecule is CCOC(=O)C1CCCN(C(=O)CN(C)C(=O)c2ccccc2OCc2ccc(F)cc2)C1. The van der Waals surface area contributed by atoms with E-state index in [1.54, 1.807) is 55.3 Å². The number of para-hydroxylation sites is 1. The quantitative estimate of drug-likeness (QED) is 0.570. The molecule has 0 aliphatic carbocycles. The smallest absolute Gasteiger partial charge is 0.310 e. The van der Waals surface area contributed by atoms with E-state index in [2.05, 4.69) is 0 Å². The number of piperidine rings is 1. The number of rotatable bonds is 8. The first-order chi connectivity index (χ1) is 15.9. The highest BCUT2D eigenvalue weighted by Gasteiger charge is 2.30. The van der Waals surface area contributed by atoms with Crippen molar-refractivity contribution in [2.24, 2.45) is 5.92 Å². The van der Waals surface area contributed by atoms with Crippen molar-refractivity contribution in [3.63, 3.8) is 0 Å². The number of likely N-dealkylation sites (tertiary alicyclic amines) is 1. The molecule has 2 aromatic rings. The maximum Gasteiger partial charge on any atom is 0.310 e. The van der Waals surface area contributed by atoms with Crippen molar-refractivity contribution < 1.29 is 28.2 Å². The second kappa shape index (κ2) is 11.4. The molecule has 0 spiro atoms. The predicted molar refractivity (Wildman–Crippen MR) is 120 cm³/mol. The predicted octanol–water partition coefficient (Wildman–Crippen LogP) is 3.28. The van der Waals surface area contributed by atoms with Gasteiger partial charge in [-0.05, 0) is 49.6 Å². The molecule has 1 unspecified atom stereocenters. The lowest BCUT2D eigenvalue weighted by molar-refractivity contribution is -0.151. The maximum atomic E-state index is 13.1. The molecule has 1 saturated heterocycles. The van der Waals surface area contributed by atoms with Crippen LogP contribution in [0.15, 0.2) is 48.5 Å². The van der Waals surface area contributed by atoms with Gasteiger partial charge in [-0.2, -0.15) is 0 Å². The Morgan fingerprint density at radius 3 is 2.58 bits per heavy atom. The average molecular weight is 457 g/mol. The molecule has 1 aliphatic heterocycles. The molecule has 1 aliphatic rings. The van der Waals surface area contributed by atoms with Crippen molar-refractivity contribution in [3.05, 3.63) is 65.5 Å². The molecule has 2 aromatic carbocycles. The molecule has 2 amide bonds. The highest BCUT2D eigenvalue weighted by atomic mass is 19.1. The molecule has 0 saturated carbocycles. The van der Waals surface area contributed by atoms with Gasteiger partial charge in [-0.25, -0.2) is 4.39 Å². The summed E-state index contributed by atoms with van der Waals surface area (Å²) in [7, 11) is 1.56. The molecule has 1 atom stereocenters. The van der Waals surface area contributed by atoms with Gasteiger partial charge >= 0.3 is 5.97 Å². The number of hydrogen-bond acceptors (Lipinski definition) is 5. The number of halogens is 1. The van der Waals surface area contributed by atoms with E-state index < -0.39 is 0 Å². The molecule has 1 heterocycles. The Bertz CT molecular complexity index is 979. The molecule has 0 N–H and O–H groups in total. The second-order valence-corrected chi connectivity index (χ2v) is 8.00. The van der Waals surface area contributed by atoms with Crippen LogP contribution in [0.4, 0.5) is 4.39 Å². The molecule has 7 nitrogen and oxygen atoms in total. The molecule has 176 valence electrons. The van der Waals surface area contributed by atoms with Crippen molar-refractivity contribution >= 4 is 17.8 Å². The number of carbonyl (C=O) groups is 3. The first-order valence-electron chi connectivity index (χ1n) is 11.0. The molecule has 3 rings (SSSR count). The number of esters is 1. The van der Waals surface area contributed by atoms with Crippen LogP contribution in [0.5, 0.6) is 5.75 Å². The zero-order chi connectivity index (χ0) is 23.8. The summed E-state index contributed by atoms with van der Waals surface area (Å²) in [6.07, 6.45) is 1.41. The van der Waals surface area contributed by atoms with Gasteiger partial charge in [0.15, 0.2) is 0 Å². The van der Waals surface area contributed by atoms with Gasteiger partial charge in [0, 0.05) is 20.1 Å². The minimum absolute atomic E-state index is 0.110. The maximum absolute atomic E-state index is 13.1. The van der Waals surface area contributed by atoms with E-state index in [-0.39, 0.29) is 42.7 Å². The zero-order valence-electron chi connectivity index (χ0n) is 19.0. The minimum Gasteiger partial charge on any atom is -0.488 e. The molecular weight excluding hydrogens is 427 g/mol. The summed E-state index contributed by atoms with van der Waals surface area (Å²) in [5.74, 6) is -1.13. The highest BCUT2D eigenvalue weighted by molar-refractivity contribution is 5.98. The van der Waals surface area contributed by atoms with Crippen LogP contribution in [-0.4, -0.2) is 60.9 Å². The van der Waals surface area contributed by atoms with Crippen molar-refractivity contribution in [3.8, 4) is 5.75 Å². The van der Waals surface area contributed by atoms with E-state index in [0.717, 1.165) is 5.56 Å². The van der Waals surface area contributed by atoms with Gasteiger partial charge in [-0.3, -0.25) is 14.4 Å². The summed E-state index contributed by atoms with van der Waals surface area (Å²) in [6.45, 7) is 2.98. The topological polar surface area (TPSA) is 76.2 Å². The van der Waals surface area contributed by atoms with E-state index in [9.17, 15) is 18.8 Å². The van der Waals surface area contributed by atoms with E-state index in [4.69, 9.17) is 9.47 Å². The number of nitrogens with zero attached hydrogens (tertiary/aromatic N) is 2. The Morgan fingerprint density at radius 2 is 1.85 bits per heavy atom. The average Bonchev–Trinajstić information content (AvgIpc) is 2.83. The Labute approximate surface area is 193 Å². The molecule has 0 bridgehead atoms. The van der Waals surface area contributed by atoms with E-state index in [1.807, 2.05) is 0 Å². The number of hydrogen-bond donors (Lipinski definition) is 0. The standard InChI is InChI=1S/C25H29FN2O5/c1-3-32-25(31)19-7-6-14-28(15-19)23(29)16-27(2)24(30)21-8-4-5-9-22(21)33-17-18-10-12-20(26)13-11-18/h4-5,8-13,19H,3,6-7,14-17H2,1-2H3. The lowest BCUT2D eigenvalue weighted by Gasteiger charge is -2.32. The van der Waals surface area contributed by atoms with Gasteiger partial charge < -0.3 is 19.3 Å². The summed E-state index contributed by atoms with van der Waals surface area (Å²) in [5.41, 5.74) is 1.10. The summed E-state index contributed by atoms with van der Waals surface area (Å²) in [5, 5.41) is 0. The number of ether oxygens (including phenoxy) is 2. The third kappa shape index (κ3) is 6.54. The van der Waals surface area contributed by atoms with Crippen LogP contribution in [0.3, 0.4) is 0 Å². The second-order valence-electron chi connectivity index (χ2n) is 8.00. The normalized spacial score (nSPS) is 15.6. The van der Waals surface area contributed by atoms with Crippen LogP contribution in [0.1, 0.15) is 35.7 Å². The molecule has 8 heteroatoms. The Hall–Kier alpha value is -3.42. The third-order valence-corrected chi connectivity index (χ3v) is 5.54. The fourth-order valence-electron chi connectivity index (χ4n) is 3.75. The van der Waals surface area contributed by atoms with Crippen LogP contribution in [0.2, 0.25) is 0 Å². The van der Waals surface area contributed by atoms with Gasteiger partial charge in [-0.15, -0.1) is 0 Å². The lowest BCUT2D eigenvalue weighted by Crippen LogP contribution is -2.47. The van der Waals surface area contributed by atoms with Crippen LogP contribution in [0, 0.1) is 11.7 Å². The van der Waals surface area contributed by atoms with Crippen LogP contribution in [-0.2, 0) is 20.9 Å². The van der Waals surface area contributed by atoms with Crippen LogP contribution < -0.4 is 4.74 Å². The van der Waals surface area contributed by atoms with Gasteiger partial charge in [-0.1, -0.05) is 24.3 Å². The number of amides is 2. The monoisotopic (exact) mass is 456 g/mol. The number of benzene rings is 2. The summed E-state index contributed by atoms with van der Waals surface area (Å²) in [4.78, 5) is 40.9. The summed E-state index contributed by atoms with van der Waals surface area (Å²) < 4.78 is 24.0. The van der Waals surface area contributed by atoms with Crippen LogP contribution >= 0.6 is 0 Å². The molecule has 0 radical (unpaired) electrons. The summed E-state index contributed by atoms with van der Waals surface area (Å²) in [6, 6.07) is 12.7. The van der Waals surface area contributed by atoms with Crippen molar-refractivity contribution in [2.75, 3.05) is 33.3 Å². The first-order valence-corrected chi connectivity index (χ1v) is 11.0. The molecular formula is C25H29FN2O5. The van der Waals surface area contributed by atoms with Crippen molar-refractivity contribution in [1.82, 2.24) is 9.80 Å². The third-order valence-electron chi connectivity index (χ3n) is 5.54. The van der Waals surface area contributed by atoms with Gasteiger partial charge in [0.1, 0.15) is 18.2 Å². The Kier molecular flexibility index (Phi) is 8.40. The zero-order valence-corrected chi connectivity index (χ0v) is 19.0. The Morgan fingerprint density at radius 1 is 1.12 bits per heavy atom. The largest absolute Gasteiger partial charge is 0.488 e. The Balaban J connectivity index is 1.61. The molecule has 33 heavy (non-hydrogen) atoms. The lowest BCUT2D eigenvalue weighted by atomic mass is 9.98. The molecule has 1 fully saturated rings. The van der Waals surface area contributed by atoms with Crippen molar-refractivity contribution in [1.29, 1.82) is 0 Å². The van der Waals surface area contributed by atoms with E-state index >= 15 is 0 Å². The summed E-state index contributed by atoms with van der Waals surface area (Å²) >= 11 is 0.